The van der Waals surface area contributed by atoms with Gasteiger partial charge in [-0.1, -0.05) is 42.3 Å². The molecule has 170 valence electrons. The van der Waals surface area contributed by atoms with Gasteiger partial charge in [0.2, 0.25) is 0 Å². The number of benzene rings is 2. The van der Waals surface area contributed by atoms with Crippen molar-refractivity contribution in [2.45, 2.75) is 44.6 Å². The number of nitrogens with zero attached hydrogens (tertiary/aromatic N) is 2. The summed E-state index contributed by atoms with van der Waals surface area (Å²) in [6, 6.07) is 14.6. The van der Waals surface area contributed by atoms with Gasteiger partial charge in [0.05, 0.1) is 29.8 Å². The van der Waals surface area contributed by atoms with Gasteiger partial charge in [0, 0.05) is 10.4 Å². The molecule has 3 nitrogen and oxygen atoms in total. The van der Waals surface area contributed by atoms with Crippen LogP contribution in [0.25, 0.3) is 11.8 Å². The van der Waals surface area contributed by atoms with Crippen molar-refractivity contribution in [3.8, 4) is 5.69 Å². The Kier molecular flexibility index (Phi) is 5.75. The van der Waals surface area contributed by atoms with Crippen LogP contribution in [0.15, 0.2) is 73.0 Å². The Morgan fingerprint density at radius 1 is 1.18 bits per heavy atom. The van der Waals surface area contributed by atoms with Crippen LogP contribution >= 0.6 is 11.6 Å². The second kappa shape index (κ2) is 8.58. The molecule has 0 N–H and O–H groups in total. The van der Waals surface area contributed by atoms with Crippen LogP contribution in [-0.2, 0) is 17.6 Å². The standard InChI is InChI=1S/C28H28ClFN2O/c1-3-16-33-28(14-12-20-4-6-23(29)7-5-20)15-13-22-17-26-21(18-27(22,28)2)19-31-32(26)25-10-8-24(30)9-11-25/h3-11,17,19H,1,12-16,18H2,2H3/t27-,28-/m0/s1. The molecule has 0 spiro atoms. The lowest BCUT2D eigenvalue weighted by atomic mass is 9.65. The monoisotopic (exact) mass is 462 g/mol. The first-order valence-electron chi connectivity index (χ1n) is 11.5. The zero-order valence-corrected chi connectivity index (χ0v) is 19.6. The number of rotatable bonds is 7. The zero-order chi connectivity index (χ0) is 23.1. The van der Waals surface area contributed by atoms with Crippen molar-refractivity contribution in [1.82, 2.24) is 9.78 Å². The van der Waals surface area contributed by atoms with E-state index in [0.29, 0.717) is 6.61 Å². The molecule has 0 unspecified atom stereocenters. The van der Waals surface area contributed by atoms with Crippen molar-refractivity contribution in [2.75, 3.05) is 6.61 Å². The van der Waals surface area contributed by atoms with Crippen LogP contribution < -0.4 is 0 Å². The van der Waals surface area contributed by atoms with E-state index >= 15 is 0 Å². The molecule has 0 bridgehead atoms. The summed E-state index contributed by atoms with van der Waals surface area (Å²) in [5, 5.41) is 5.40. The van der Waals surface area contributed by atoms with Crippen LogP contribution in [0.1, 0.15) is 43.0 Å². The fourth-order valence-corrected chi connectivity index (χ4v) is 5.75. The van der Waals surface area contributed by atoms with Crippen molar-refractivity contribution in [3.05, 3.63) is 101 Å². The first-order chi connectivity index (χ1) is 15.9. The van der Waals surface area contributed by atoms with Gasteiger partial charge in [-0.05, 0) is 85.7 Å². The Hall–Kier alpha value is -2.69. The molecule has 3 aromatic rings. The molecule has 0 radical (unpaired) electrons. The molecule has 5 heteroatoms. The molecule has 0 saturated heterocycles. The maximum atomic E-state index is 13.4. The summed E-state index contributed by atoms with van der Waals surface area (Å²) in [5.41, 5.74) is 5.43. The lowest BCUT2D eigenvalue weighted by Crippen LogP contribution is -2.48. The number of aromatic nitrogens is 2. The first-order valence-corrected chi connectivity index (χ1v) is 11.9. The molecule has 0 amide bonds. The van der Waals surface area contributed by atoms with Crippen molar-refractivity contribution in [3.63, 3.8) is 0 Å². The zero-order valence-electron chi connectivity index (χ0n) is 18.9. The molecule has 2 aliphatic rings. The molecular weight excluding hydrogens is 435 g/mol. The summed E-state index contributed by atoms with van der Waals surface area (Å²) in [7, 11) is 0. The molecule has 1 saturated carbocycles. The van der Waals surface area contributed by atoms with Crippen LogP contribution in [0.5, 0.6) is 0 Å². The minimum atomic E-state index is -0.275. The quantitative estimate of drug-likeness (QED) is 0.354. The summed E-state index contributed by atoms with van der Waals surface area (Å²) in [4.78, 5) is 0. The maximum absolute atomic E-state index is 13.4. The van der Waals surface area contributed by atoms with E-state index < -0.39 is 0 Å². The van der Waals surface area contributed by atoms with Gasteiger partial charge in [-0.25, -0.2) is 9.07 Å². The van der Waals surface area contributed by atoms with E-state index in [2.05, 4.69) is 36.8 Å². The smallest absolute Gasteiger partial charge is 0.123 e. The number of ether oxygens (including phenoxy) is 1. The van der Waals surface area contributed by atoms with Crippen LogP contribution in [0.4, 0.5) is 4.39 Å². The van der Waals surface area contributed by atoms with Gasteiger partial charge in [0.25, 0.3) is 0 Å². The number of fused-ring (bicyclic) bond motifs is 2. The molecule has 5 rings (SSSR count). The van der Waals surface area contributed by atoms with Crippen molar-refractivity contribution in [2.24, 2.45) is 5.41 Å². The minimum Gasteiger partial charge on any atom is -0.370 e. The number of hydrogen-bond acceptors (Lipinski definition) is 2. The van der Waals surface area contributed by atoms with Crippen LogP contribution in [-0.4, -0.2) is 22.0 Å². The molecule has 1 heterocycles. The summed E-state index contributed by atoms with van der Waals surface area (Å²) >= 11 is 6.08. The SMILES string of the molecule is C=CCO[C@@]1(CCc2ccc(Cl)cc2)CCC2=Cc3c(cnn3-c3ccc(F)cc3)C[C@@]21C. The predicted molar refractivity (Wildman–Crippen MR) is 131 cm³/mol. The molecule has 2 aromatic carbocycles. The van der Waals surface area contributed by atoms with Gasteiger partial charge in [0.1, 0.15) is 5.82 Å². The highest BCUT2D eigenvalue weighted by Gasteiger charge is 2.56. The fourth-order valence-electron chi connectivity index (χ4n) is 5.62. The third kappa shape index (κ3) is 3.85. The van der Waals surface area contributed by atoms with E-state index in [1.807, 2.05) is 29.1 Å². The molecule has 2 aliphatic carbocycles. The topological polar surface area (TPSA) is 27.1 Å². The second-order valence-corrected chi connectivity index (χ2v) is 9.78. The van der Waals surface area contributed by atoms with Crippen LogP contribution in [0.2, 0.25) is 5.02 Å². The predicted octanol–water partition coefficient (Wildman–Crippen LogP) is 6.98. The summed E-state index contributed by atoms with van der Waals surface area (Å²) in [6.45, 7) is 6.77. The largest absolute Gasteiger partial charge is 0.370 e. The number of aryl methyl sites for hydroxylation is 1. The highest BCUT2D eigenvalue weighted by Crippen LogP contribution is 2.58. The average Bonchev–Trinajstić information content (AvgIpc) is 3.34. The summed E-state index contributed by atoms with van der Waals surface area (Å²) < 4.78 is 22.0. The third-order valence-electron chi connectivity index (χ3n) is 7.53. The first kappa shape index (κ1) is 22.1. The molecule has 0 aliphatic heterocycles. The van der Waals surface area contributed by atoms with Crippen LogP contribution in [0, 0.1) is 11.2 Å². The Bertz CT molecular complexity index is 1200. The number of hydrogen-bond donors (Lipinski definition) is 0. The Balaban J connectivity index is 1.48. The average molecular weight is 463 g/mol. The van der Waals surface area contributed by atoms with Gasteiger partial charge in [-0.3, -0.25) is 0 Å². The minimum absolute atomic E-state index is 0.119. The van der Waals surface area contributed by atoms with Gasteiger partial charge in [-0.15, -0.1) is 6.58 Å². The van der Waals surface area contributed by atoms with Gasteiger partial charge >= 0.3 is 0 Å². The lowest BCUT2D eigenvalue weighted by Gasteiger charge is -2.46. The highest BCUT2D eigenvalue weighted by molar-refractivity contribution is 6.30. The Labute approximate surface area is 199 Å². The fraction of sp³-hybridized carbons (Fsp3) is 0.321. The molecule has 33 heavy (non-hydrogen) atoms. The Morgan fingerprint density at radius 2 is 1.94 bits per heavy atom. The molecular formula is C28H28ClFN2O. The molecule has 1 aromatic heterocycles. The molecule has 2 atom stereocenters. The van der Waals surface area contributed by atoms with Gasteiger partial charge in [-0.2, -0.15) is 5.10 Å². The van der Waals surface area contributed by atoms with E-state index in [0.717, 1.165) is 48.5 Å². The van der Waals surface area contributed by atoms with E-state index in [-0.39, 0.29) is 16.8 Å². The van der Waals surface area contributed by atoms with Crippen molar-refractivity contribution in [1.29, 1.82) is 0 Å². The van der Waals surface area contributed by atoms with E-state index in [1.54, 1.807) is 12.1 Å². The van der Waals surface area contributed by atoms with Crippen LogP contribution in [0.3, 0.4) is 0 Å². The van der Waals surface area contributed by atoms with Gasteiger partial charge in [0.15, 0.2) is 0 Å². The highest BCUT2D eigenvalue weighted by atomic mass is 35.5. The van der Waals surface area contributed by atoms with E-state index in [4.69, 9.17) is 16.3 Å². The molecule has 1 fully saturated rings. The summed E-state index contributed by atoms with van der Waals surface area (Å²) in [6.07, 6.45) is 10.8. The van der Waals surface area contributed by atoms with Crippen molar-refractivity contribution < 1.29 is 9.13 Å². The van der Waals surface area contributed by atoms with Crippen molar-refractivity contribution >= 4 is 17.7 Å². The normalized spacial score (nSPS) is 23.7. The van der Waals surface area contributed by atoms with E-state index in [9.17, 15) is 4.39 Å². The Morgan fingerprint density at radius 3 is 2.67 bits per heavy atom. The third-order valence-corrected chi connectivity index (χ3v) is 7.79. The van der Waals surface area contributed by atoms with Gasteiger partial charge < -0.3 is 4.74 Å². The lowest BCUT2D eigenvalue weighted by molar-refractivity contribution is -0.0976. The van der Waals surface area contributed by atoms with E-state index in [1.165, 1.54) is 28.8 Å². The summed E-state index contributed by atoms with van der Waals surface area (Å²) in [5.74, 6) is -0.244. The number of halogens is 2. The second-order valence-electron chi connectivity index (χ2n) is 9.34. The maximum Gasteiger partial charge on any atom is 0.123 e.